The van der Waals surface area contributed by atoms with Crippen LogP contribution in [-0.2, 0) is 17.8 Å². The summed E-state index contributed by atoms with van der Waals surface area (Å²) in [5, 5.41) is 10.3. The van der Waals surface area contributed by atoms with E-state index in [1.54, 1.807) is 7.11 Å². The number of carbonyl (C=O) groups is 1. The maximum Gasteiger partial charge on any atom is 0.319 e. The van der Waals surface area contributed by atoms with Gasteiger partial charge in [-0.3, -0.25) is 4.68 Å². The molecule has 1 fully saturated rings. The summed E-state index contributed by atoms with van der Waals surface area (Å²) in [4.78, 5) is 16.9. The van der Waals surface area contributed by atoms with Gasteiger partial charge in [0.05, 0.1) is 18.8 Å². The van der Waals surface area contributed by atoms with Crippen molar-refractivity contribution in [1.82, 2.24) is 20.1 Å². The lowest BCUT2D eigenvalue weighted by Gasteiger charge is -2.08. The topological polar surface area (TPSA) is 94.2 Å². The number of amides is 2. The molecule has 2 amide bonds. The van der Waals surface area contributed by atoms with Gasteiger partial charge in [-0.2, -0.15) is 5.10 Å². The highest BCUT2D eigenvalue weighted by Crippen LogP contribution is 2.40. The quantitative estimate of drug-likeness (QED) is 0.651. The third-order valence-electron chi connectivity index (χ3n) is 5.05. The number of urea groups is 1. The van der Waals surface area contributed by atoms with Gasteiger partial charge in [0.1, 0.15) is 5.52 Å². The summed E-state index contributed by atoms with van der Waals surface area (Å²) in [5.41, 5.74) is 5.17. The number of ether oxygens (including phenoxy) is 1. The lowest BCUT2D eigenvalue weighted by molar-refractivity contribution is 0.182. The molecule has 0 radical (unpaired) electrons. The molecule has 1 aromatic carbocycles. The van der Waals surface area contributed by atoms with Gasteiger partial charge < -0.3 is 19.8 Å². The Morgan fingerprint density at radius 1 is 1.36 bits per heavy atom. The van der Waals surface area contributed by atoms with Crippen molar-refractivity contribution in [3.63, 3.8) is 0 Å². The summed E-state index contributed by atoms with van der Waals surface area (Å²) in [6.45, 7) is 5.65. The number of nitrogens with one attached hydrogen (secondary N) is 2. The van der Waals surface area contributed by atoms with Gasteiger partial charge in [0.2, 0.25) is 0 Å². The molecule has 0 unspecified atom stereocenters. The van der Waals surface area contributed by atoms with Gasteiger partial charge >= 0.3 is 6.03 Å². The summed E-state index contributed by atoms with van der Waals surface area (Å²) < 4.78 is 12.8. The van der Waals surface area contributed by atoms with Crippen molar-refractivity contribution in [3.8, 4) is 0 Å². The monoisotopic (exact) mass is 383 g/mol. The first-order valence-corrected chi connectivity index (χ1v) is 9.52. The fraction of sp³-hybridized carbons (Fsp3) is 0.450. The number of fused-ring (bicyclic) bond motifs is 1. The molecule has 2 aromatic heterocycles. The molecule has 0 aliphatic heterocycles. The molecule has 0 spiro atoms. The van der Waals surface area contributed by atoms with Crippen LogP contribution in [0.2, 0.25) is 0 Å². The van der Waals surface area contributed by atoms with Gasteiger partial charge in [0, 0.05) is 36.5 Å². The van der Waals surface area contributed by atoms with Gasteiger partial charge in [-0.15, -0.1) is 0 Å². The highest BCUT2D eigenvalue weighted by atomic mass is 16.5. The zero-order valence-corrected chi connectivity index (χ0v) is 16.4. The Balaban J connectivity index is 1.38. The number of carbonyl (C=O) groups excluding carboxylic acids is 1. The molecule has 1 aliphatic rings. The lowest BCUT2D eigenvalue weighted by atomic mass is 10.2. The van der Waals surface area contributed by atoms with Crippen LogP contribution < -0.4 is 10.6 Å². The first kappa shape index (κ1) is 18.5. The normalized spacial score (nSPS) is 13.8. The Kier molecular flexibility index (Phi) is 5.04. The van der Waals surface area contributed by atoms with E-state index in [9.17, 15) is 4.79 Å². The maximum absolute atomic E-state index is 12.3. The molecule has 8 heteroatoms. The molecule has 4 rings (SSSR count). The average molecular weight is 383 g/mol. The highest BCUT2D eigenvalue weighted by molar-refractivity contribution is 5.91. The molecule has 1 aliphatic carbocycles. The summed E-state index contributed by atoms with van der Waals surface area (Å²) in [7, 11) is 1.67. The van der Waals surface area contributed by atoms with Crippen LogP contribution in [-0.4, -0.2) is 34.5 Å². The van der Waals surface area contributed by atoms with Crippen molar-refractivity contribution in [2.45, 2.75) is 45.7 Å². The van der Waals surface area contributed by atoms with Crippen molar-refractivity contribution in [2.75, 3.05) is 19.0 Å². The molecule has 0 atom stereocenters. The smallest absolute Gasteiger partial charge is 0.319 e. The van der Waals surface area contributed by atoms with E-state index in [1.807, 2.05) is 36.7 Å². The Hall–Kier alpha value is -2.87. The Labute approximate surface area is 163 Å². The van der Waals surface area contributed by atoms with Crippen LogP contribution in [0.25, 0.3) is 11.1 Å². The number of nitrogens with zero attached hydrogens (tertiary/aromatic N) is 3. The second-order valence-corrected chi connectivity index (χ2v) is 7.18. The minimum absolute atomic E-state index is 0.270. The van der Waals surface area contributed by atoms with E-state index in [0.717, 1.165) is 46.8 Å². The average Bonchev–Trinajstić information content (AvgIpc) is 3.38. The van der Waals surface area contributed by atoms with E-state index in [4.69, 9.17) is 9.15 Å². The second kappa shape index (κ2) is 7.63. The van der Waals surface area contributed by atoms with Crippen LogP contribution >= 0.6 is 0 Å². The molecule has 148 valence electrons. The SMILES string of the molecule is COCCn1nc(C)c(CNC(=O)Nc2ccc3oc(C4CC4)nc3c2)c1C. The first-order valence-electron chi connectivity index (χ1n) is 9.52. The molecule has 2 heterocycles. The number of benzene rings is 1. The van der Waals surface area contributed by atoms with Crippen molar-refractivity contribution < 1.29 is 13.9 Å². The molecule has 1 saturated carbocycles. The van der Waals surface area contributed by atoms with E-state index in [-0.39, 0.29) is 6.03 Å². The number of aryl methyl sites for hydroxylation is 1. The van der Waals surface area contributed by atoms with E-state index < -0.39 is 0 Å². The zero-order chi connectivity index (χ0) is 19.7. The van der Waals surface area contributed by atoms with Crippen LogP contribution in [0.4, 0.5) is 10.5 Å². The summed E-state index contributed by atoms with van der Waals surface area (Å²) in [5.74, 6) is 1.26. The number of hydrogen-bond acceptors (Lipinski definition) is 5. The predicted octanol–water partition coefficient (Wildman–Crippen LogP) is 3.49. The summed E-state index contributed by atoms with van der Waals surface area (Å²) in [6, 6.07) is 5.23. The van der Waals surface area contributed by atoms with Gasteiger partial charge in [-0.1, -0.05) is 0 Å². The Morgan fingerprint density at radius 2 is 2.18 bits per heavy atom. The highest BCUT2D eigenvalue weighted by Gasteiger charge is 2.28. The van der Waals surface area contributed by atoms with E-state index in [2.05, 4.69) is 20.7 Å². The van der Waals surface area contributed by atoms with Gasteiger partial charge in [-0.05, 0) is 44.9 Å². The largest absolute Gasteiger partial charge is 0.440 e. The second-order valence-electron chi connectivity index (χ2n) is 7.18. The number of rotatable bonds is 7. The molecule has 0 saturated heterocycles. The van der Waals surface area contributed by atoms with E-state index in [1.165, 1.54) is 0 Å². The van der Waals surface area contributed by atoms with Crippen LogP contribution in [0.15, 0.2) is 22.6 Å². The standard InChI is InChI=1S/C20H25N5O3/c1-12-16(13(2)25(24-12)8-9-27-3)11-21-20(26)22-15-6-7-18-17(10-15)23-19(28-18)14-4-5-14/h6-7,10,14H,4-5,8-9,11H2,1-3H3,(H2,21,22,26). The molecular weight excluding hydrogens is 358 g/mol. The van der Waals surface area contributed by atoms with Crippen LogP contribution in [0.1, 0.15) is 41.6 Å². The van der Waals surface area contributed by atoms with Crippen molar-refractivity contribution >= 4 is 22.8 Å². The summed E-state index contributed by atoms with van der Waals surface area (Å²) in [6.07, 6.45) is 2.28. The first-order chi connectivity index (χ1) is 13.5. The van der Waals surface area contributed by atoms with E-state index >= 15 is 0 Å². The summed E-state index contributed by atoms with van der Waals surface area (Å²) >= 11 is 0. The zero-order valence-electron chi connectivity index (χ0n) is 16.4. The number of anilines is 1. The minimum atomic E-state index is -0.270. The maximum atomic E-state index is 12.3. The Bertz CT molecular complexity index is 1000. The fourth-order valence-electron chi connectivity index (χ4n) is 3.26. The van der Waals surface area contributed by atoms with Crippen LogP contribution in [0.3, 0.4) is 0 Å². The van der Waals surface area contributed by atoms with Crippen molar-refractivity contribution in [2.24, 2.45) is 0 Å². The van der Waals surface area contributed by atoms with Gasteiger partial charge in [0.25, 0.3) is 0 Å². The third-order valence-corrected chi connectivity index (χ3v) is 5.05. The minimum Gasteiger partial charge on any atom is -0.440 e. The number of methoxy groups -OCH3 is 1. The molecular formula is C20H25N5O3. The number of oxazole rings is 1. The van der Waals surface area contributed by atoms with Crippen LogP contribution in [0.5, 0.6) is 0 Å². The molecule has 28 heavy (non-hydrogen) atoms. The fourth-order valence-corrected chi connectivity index (χ4v) is 3.26. The number of aromatic nitrogens is 3. The van der Waals surface area contributed by atoms with Gasteiger partial charge in [-0.25, -0.2) is 9.78 Å². The molecule has 8 nitrogen and oxygen atoms in total. The molecule has 3 aromatic rings. The molecule has 2 N–H and O–H groups in total. The van der Waals surface area contributed by atoms with E-state index in [0.29, 0.717) is 31.3 Å². The predicted molar refractivity (Wildman–Crippen MR) is 105 cm³/mol. The van der Waals surface area contributed by atoms with Crippen LogP contribution in [0, 0.1) is 13.8 Å². The molecule has 0 bridgehead atoms. The van der Waals surface area contributed by atoms with Crippen molar-refractivity contribution in [3.05, 3.63) is 41.0 Å². The number of hydrogen-bond donors (Lipinski definition) is 2. The Morgan fingerprint density at radius 3 is 2.93 bits per heavy atom. The lowest BCUT2D eigenvalue weighted by Crippen LogP contribution is -2.28. The van der Waals surface area contributed by atoms with Gasteiger partial charge in [0.15, 0.2) is 11.5 Å². The van der Waals surface area contributed by atoms with Crippen molar-refractivity contribution in [1.29, 1.82) is 0 Å². The third kappa shape index (κ3) is 3.87.